The van der Waals surface area contributed by atoms with Crippen molar-refractivity contribution >= 4 is 5.91 Å². The van der Waals surface area contributed by atoms with Crippen LogP contribution in [0.5, 0.6) is 0 Å². The summed E-state index contributed by atoms with van der Waals surface area (Å²) in [6.45, 7) is 3.28. The summed E-state index contributed by atoms with van der Waals surface area (Å²) in [6.07, 6.45) is 9.10. The Morgan fingerprint density at radius 3 is 2.52 bits per heavy atom. The molecule has 23 heavy (non-hydrogen) atoms. The average molecular weight is 314 g/mol. The highest BCUT2D eigenvalue weighted by Crippen LogP contribution is 2.34. The summed E-state index contributed by atoms with van der Waals surface area (Å²) >= 11 is 0. The minimum atomic E-state index is -0.231. The number of terminal acetylenes is 1. The lowest BCUT2D eigenvalue weighted by molar-refractivity contribution is -0.138. The highest BCUT2D eigenvalue weighted by molar-refractivity contribution is 5.79. The summed E-state index contributed by atoms with van der Waals surface area (Å²) in [5.41, 5.74) is 1.04. The Hall–Kier alpha value is -1.86. The second-order valence-corrected chi connectivity index (χ2v) is 6.50. The summed E-state index contributed by atoms with van der Waals surface area (Å²) in [5.74, 6) is 2.80. The number of benzene rings is 1. The van der Waals surface area contributed by atoms with Gasteiger partial charge in [0.15, 0.2) is 0 Å². The third-order valence-electron chi connectivity index (χ3n) is 5.04. The number of amides is 1. The van der Waals surface area contributed by atoms with Crippen molar-refractivity contribution in [3.63, 3.8) is 0 Å². The van der Waals surface area contributed by atoms with Crippen molar-refractivity contribution in [1.82, 2.24) is 9.80 Å². The molecule has 1 atom stereocenters. The van der Waals surface area contributed by atoms with E-state index in [1.165, 1.54) is 12.1 Å². The van der Waals surface area contributed by atoms with Crippen LogP contribution in [-0.2, 0) is 4.79 Å². The Morgan fingerprint density at radius 1 is 1.17 bits per heavy atom. The number of likely N-dealkylation sites (tertiary alicyclic amines) is 2. The molecular weight excluding hydrogens is 291 g/mol. The van der Waals surface area contributed by atoms with Crippen molar-refractivity contribution in [2.75, 3.05) is 26.2 Å². The Kier molecular flexibility index (Phi) is 4.97. The highest BCUT2D eigenvalue weighted by atomic mass is 19.1. The maximum atomic E-state index is 13.1. The van der Waals surface area contributed by atoms with Crippen LogP contribution in [0.1, 0.15) is 37.3 Å². The van der Waals surface area contributed by atoms with E-state index in [0.717, 1.165) is 50.9 Å². The largest absolute Gasteiger partial charge is 0.335 e. The number of piperidine rings is 1. The van der Waals surface area contributed by atoms with Gasteiger partial charge in [0.2, 0.25) is 5.91 Å². The van der Waals surface area contributed by atoms with Gasteiger partial charge in [0, 0.05) is 12.5 Å². The molecule has 0 saturated carbocycles. The van der Waals surface area contributed by atoms with E-state index < -0.39 is 0 Å². The third kappa shape index (κ3) is 3.56. The van der Waals surface area contributed by atoms with E-state index in [-0.39, 0.29) is 23.7 Å². The van der Waals surface area contributed by atoms with Crippen LogP contribution >= 0.6 is 0 Å². The van der Waals surface area contributed by atoms with Gasteiger partial charge in [0.05, 0.1) is 12.6 Å². The van der Waals surface area contributed by atoms with Gasteiger partial charge in [-0.2, -0.15) is 0 Å². The number of halogens is 1. The molecule has 122 valence electrons. The molecular formula is C19H23FN2O. The van der Waals surface area contributed by atoms with E-state index in [1.54, 1.807) is 12.1 Å². The standard InChI is InChI=1S/C19H23FN2O/c1-2-11-21-13-9-16(10-14-21)19(23)22-12-3-4-18(22)15-5-7-17(20)8-6-15/h1,5-8,16,18H,3-4,9-14H2/t18-/m0/s1. The molecule has 0 aliphatic carbocycles. The lowest BCUT2D eigenvalue weighted by Gasteiger charge is -2.34. The first-order valence-electron chi connectivity index (χ1n) is 8.41. The molecule has 1 aromatic carbocycles. The van der Waals surface area contributed by atoms with Crippen molar-refractivity contribution in [2.24, 2.45) is 5.92 Å². The summed E-state index contributed by atoms with van der Waals surface area (Å²) < 4.78 is 13.1. The van der Waals surface area contributed by atoms with Crippen LogP contribution in [0.3, 0.4) is 0 Å². The average Bonchev–Trinajstić information content (AvgIpc) is 3.05. The van der Waals surface area contributed by atoms with Gasteiger partial charge in [-0.3, -0.25) is 9.69 Å². The van der Waals surface area contributed by atoms with Crippen molar-refractivity contribution in [3.05, 3.63) is 35.6 Å². The fraction of sp³-hybridized carbons (Fsp3) is 0.526. The molecule has 0 aromatic heterocycles. The number of hydrogen-bond acceptors (Lipinski definition) is 2. The quantitative estimate of drug-likeness (QED) is 0.801. The molecule has 2 heterocycles. The summed E-state index contributed by atoms with van der Waals surface area (Å²) in [5, 5.41) is 0. The Labute approximate surface area is 137 Å². The fourth-order valence-corrected chi connectivity index (χ4v) is 3.76. The molecule has 2 aliphatic rings. The van der Waals surface area contributed by atoms with Gasteiger partial charge < -0.3 is 4.90 Å². The van der Waals surface area contributed by atoms with Gasteiger partial charge in [-0.25, -0.2) is 4.39 Å². The minimum Gasteiger partial charge on any atom is -0.335 e. The maximum Gasteiger partial charge on any atom is 0.226 e. The van der Waals surface area contributed by atoms with Crippen LogP contribution in [0.15, 0.2) is 24.3 Å². The van der Waals surface area contributed by atoms with Crippen LogP contribution in [0.2, 0.25) is 0 Å². The Bertz CT molecular complexity index is 584. The predicted molar refractivity (Wildman–Crippen MR) is 88.1 cm³/mol. The molecule has 0 bridgehead atoms. The first kappa shape index (κ1) is 16.0. The van der Waals surface area contributed by atoms with Crippen LogP contribution in [0, 0.1) is 24.1 Å². The number of rotatable bonds is 3. The van der Waals surface area contributed by atoms with Crippen LogP contribution in [0.25, 0.3) is 0 Å². The van der Waals surface area contributed by atoms with Gasteiger partial charge in [-0.1, -0.05) is 18.1 Å². The van der Waals surface area contributed by atoms with E-state index in [0.29, 0.717) is 6.54 Å². The second-order valence-electron chi connectivity index (χ2n) is 6.50. The lowest BCUT2D eigenvalue weighted by atomic mass is 9.94. The van der Waals surface area contributed by atoms with E-state index in [9.17, 15) is 9.18 Å². The van der Waals surface area contributed by atoms with Crippen molar-refractivity contribution in [2.45, 2.75) is 31.7 Å². The molecule has 2 aliphatic heterocycles. The Balaban J connectivity index is 1.65. The minimum absolute atomic E-state index is 0.102. The molecule has 0 unspecified atom stereocenters. The zero-order valence-electron chi connectivity index (χ0n) is 13.4. The van der Waals surface area contributed by atoms with E-state index in [4.69, 9.17) is 6.42 Å². The van der Waals surface area contributed by atoms with E-state index in [2.05, 4.69) is 10.8 Å². The first-order chi connectivity index (χ1) is 11.2. The SMILES string of the molecule is C#CCN1CCC(C(=O)N2CCC[C@H]2c2ccc(F)cc2)CC1. The molecule has 2 fully saturated rings. The number of hydrogen-bond donors (Lipinski definition) is 0. The van der Waals surface area contributed by atoms with Crippen molar-refractivity contribution in [3.8, 4) is 12.3 Å². The predicted octanol–water partition coefficient (Wildman–Crippen LogP) is 2.83. The first-order valence-corrected chi connectivity index (χ1v) is 8.41. The molecule has 1 amide bonds. The van der Waals surface area contributed by atoms with Crippen molar-refractivity contribution in [1.29, 1.82) is 0 Å². The lowest BCUT2D eigenvalue weighted by Crippen LogP contribution is -2.42. The smallest absolute Gasteiger partial charge is 0.226 e. The molecule has 3 rings (SSSR count). The highest BCUT2D eigenvalue weighted by Gasteiger charge is 2.35. The molecule has 4 heteroatoms. The zero-order valence-corrected chi connectivity index (χ0v) is 13.4. The Morgan fingerprint density at radius 2 is 1.87 bits per heavy atom. The van der Waals surface area contributed by atoms with Gasteiger partial charge in [-0.15, -0.1) is 6.42 Å². The molecule has 3 nitrogen and oxygen atoms in total. The van der Waals surface area contributed by atoms with E-state index >= 15 is 0 Å². The molecule has 2 saturated heterocycles. The number of nitrogens with zero attached hydrogens (tertiary/aromatic N) is 2. The number of carbonyl (C=O) groups is 1. The second kappa shape index (κ2) is 7.14. The van der Waals surface area contributed by atoms with Crippen molar-refractivity contribution < 1.29 is 9.18 Å². The zero-order chi connectivity index (χ0) is 16.2. The monoisotopic (exact) mass is 314 g/mol. The molecule has 0 radical (unpaired) electrons. The summed E-state index contributed by atoms with van der Waals surface area (Å²) in [7, 11) is 0. The fourth-order valence-electron chi connectivity index (χ4n) is 3.76. The normalized spacial score (nSPS) is 23.0. The van der Waals surface area contributed by atoms with E-state index in [1.807, 2.05) is 4.90 Å². The van der Waals surface area contributed by atoms with Gasteiger partial charge >= 0.3 is 0 Å². The van der Waals surface area contributed by atoms with Crippen LogP contribution in [0.4, 0.5) is 4.39 Å². The van der Waals surface area contributed by atoms with Gasteiger partial charge in [-0.05, 0) is 56.5 Å². The van der Waals surface area contributed by atoms with Crippen LogP contribution < -0.4 is 0 Å². The third-order valence-corrected chi connectivity index (χ3v) is 5.04. The number of carbonyl (C=O) groups excluding carboxylic acids is 1. The summed E-state index contributed by atoms with van der Waals surface area (Å²) in [4.78, 5) is 17.1. The molecule has 1 aromatic rings. The molecule has 0 N–H and O–H groups in total. The van der Waals surface area contributed by atoms with Gasteiger partial charge in [0.25, 0.3) is 0 Å². The molecule has 0 spiro atoms. The summed E-state index contributed by atoms with van der Waals surface area (Å²) in [6, 6.07) is 6.68. The maximum absolute atomic E-state index is 13.1. The van der Waals surface area contributed by atoms with Crippen LogP contribution in [-0.4, -0.2) is 41.9 Å². The van der Waals surface area contributed by atoms with Gasteiger partial charge in [0.1, 0.15) is 5.82 Å². The topological polar surface area (TPSA) is 23.6 Å².